The summed E-state index contributed by atoms with van der Waals surface area (Å²) in [6.07, 6.45) is 19.2. The third kappa shape index (κ3) is 16.9. The predicted octanol–water partition coefficient (Wildman–Crippen LogP) is 29.4. The summed E-state index contributed by atoms with van der Waals surface area (Å²) in [6, 6.07) is 136. The van der Waals surface area contributed by atoms with Gasteiger partial charge in [0.2, 0.25) is 0 Å². The number of hydrogen-bond acceptors (Lipinski definition) is 6. The molecule has 2 aliphatic heterocycles. The van der Waals surface area contributed by atoms with Crippen LogP contribution in [0.2, 0.25) is 0 Å². The molecule has 8 unspecified atom stereocenters. The van der Waals surface area contributed by atoms with Crippen molar-refractivity contribution in [2.45, 2.75) is 101 Å². The molecular weight excluding hydrogens is 1500 g/mol. The van der Waals surface area contributed by atoms with Gasteiger partial charge in [-0.25, -0.2) is 0 Å². The minimum Gasteiger partial charge on any atom is -0.651 e. The molecule has 2 saturated heterocycles. The Labute approximate surface area is 712 Å². The van der Waals surface area contributed by atoms with Gasteiger partial charge in [0.1, 0.15) is 0 Å². The van der Waals surface area contributed by atoms with Crippen LogP contribution in [-0.4, -0.2) is 46.6 Å². The average molecular weight is 1600 g/mol. The van der Waals surface area contributed by atoms with Gasteiger partial charge < -0.3 is 40.4 Å². The molecule has 8 atom stereocenters. The summed E-state index contributed by atoms with van der Waals surface area (Å²) in [5.74, 6) is 1.10. The van der Waals surface area contributed by atoms with Gasteiger partial charge in [0.15, 0.2) is 0 Å². The Hall–Kier alpha value is -12.3. The summed E-state index contributed by atoms with van der Waals surface area (Å²) in [4.78, 5) is 9.43. The molecule has 4 aliphatic rings. The zero-order chi connectivity index (χ0) is 79.1. The van der Waals surface area contributed by atoms with Crippen LogP contribution in [0.25, 0.3) is 88.1 Å². The fourth-order valence-corrected chi connectivity index (χ4v) is 18.8. The van der Waals surface area contributed by atoms with Gasteiger partial charge in [-0.1, -0.05) is 330 Å². The molecule has 2 N–H and O–H groups in total. The molecule has 20 rings (SSSR count). The molecule has 0 aromatic heterocycles. The van der Waals surface area contributed by atoms with Crippen LogP contribution in [-0.2, 0) is 19.5 Å². The summed E-state index contributed by atoms with van der Waals surface area (Å²) < 4.78 is 0. The molecule has 0 bridgehead atoms. The molecule has 2 heterocycles. The van der Waals surface area contributed by atoms with Gasteiger partial charge in [-0.3, -0.25) is 0 Å². The van der Waals surface area contributed by atoms with Crippen molar-refractivity contribution in [2.24, 2.45) is 11.8 Å². The largest absolute Gasteiger partial charge is 2.00 e. The molecular formula is C110H96N6O2Zn. The van der Waals surface area contributed by atoms with Gasteiger partial charge in [-0.15, -0.1) is 36.3 Å². The van der Waals surface area contributed by atoms with Crippen molar-refractivity contribution in [1.82, 2.24) is 0 Å². The molecule has 8 nitrogen and oxygen atoms in total. The molecule has 16 aromatic carbocycles. The van der Waals surface area contributed by atoms with E-state index >= 15 is 0 Å². The van der Waals surface area contributed by atoms with Crippen molar-refractivity contribution in [3.63, 3.8) is 0 Å². The molecule has 119 heavy (non-hydrogen) atoms. The fraction of sp³-hybridized carbons (Fsp3) is 0.164. The van der Waals surface area contributed by atoms with E-state index in [0.717, 1.165) is 153 Å². The minimum absolute atomic E-state index is 0. The van der Waals surface area contributed by atoms with E-state index in [1.165, 1.54) is 55.9 Å². The van der Waals surface area contributed by atoms with E-state index in [0.29, 0.717) is 11.8 Å². The second-order valence-electron chi connectivity index (χ2n) is 32.2. The van der Waals surface area contributed by atoms with Gasteiger partial charge >= 0.3 is 19.5 Å². The van der Waals surface area contributed by atoms with Crippen LogP contribution in [0.15, 0.2) is 388 Å². The first-order chi connectivity index (χ1) is 58.3. The van der Waals surface area contributed by atoms with Gasteiger partial charge in [-0.05, 0) is 189 Å². The number of aliphatic hydroxyl groups is 2. The molecule has 4 fully saturated rings. The minimum atomic E-state index is -0.281. The topological polar surface area (TPSA) is 81.6 Å². The molecule has 16 aromatic rings. The van der Waals surface area contributed by atoms with Crippen molar-refractivity contribution < 1.29 is 29.7 Å². The monoisotopic (exact) mass is 1600 g/mol. The van der Waals surface area contributed by atoms with Crippen molar-refractivity contribution >= 4 is 123 Å². The summed E-state index contributed by atoms with van der Waals surface area (Å²) in [5.41, 5.74) is 20.4. The van der Waals surface area contributed by atoms with E-state index in [2.05, 4.69) is 420 Å². The number of aliphatic hydroxyl groups excluding tert-OH is 2. The number of piperidine rings is 2. The summed E-state index contributed by atoms with van der Waals surface area (Å²) >= 11 is 0. The molecule has 0 spiro atoms. The van der Waals surface area contributed by atoms with Crippen LogP contribution in [0.3, 0.4) is 0 Å². The Morgan fingerprint density at radius 2 is 0.479 bits per heavy atom. The van der Waals surface area contributed by atoms with Crippen molar-refractivity contribution in [2.75, 3.05) is 19.6 Å². The summed E-state index contributed by atoms with van der Waals surface area (Å²) in [5, 5.41) is 41.1. The third-order valence-electron chi connectivity index (χ3n) is 24.8. The van der Waals surface area contributed by atoms with Crippen LogP contribution < -0.4 is 19.6 Å². The van der Waals surface area contributed by atoms with Crippen LogP contribution in [0, 0.1) is 11.8 Å². The Balaban J connectivity index is 0.000000162. The number of fused-ring (bicyclic) bond motifs is 6. The van der Waals surface area contributed by atoms with Crippen LogP contribution >= 0.6 is 0 Å². The van der Waals surface area contributed by atoms with Crippen molar-refractivity contribution in [3.05, 3.63) is 410 Å². The Bertz CT molecular complexity index is 5780. The first-order valence-corrected chi connectivity index (χ1v) is 42.3. The number of anilines is 12. The number of rotatable bonds is 18. The van der Waals surface area contributed by atoms with Gasteiger partial charge in [0.05, 0.1) is 22.7 Å². The first kappa shape index (κ1) is 77.9. The molecule has 580 valence electrons. The summed E-state index contributed by atoms with van der Waals surface area (Å²) in [7, 11) is 0. The van der Waals surface area contributed by atoms with E-state index in [9.17, 15) is 10.2 Å². The van der Waals surface area contributed by atoms with Crippen LogP contribution in [0.5, 0.6) is 0 Å². The zero-order valence-electron chi connectivity index (χ0n) is 67.1. The Morgan fingerprint density at radius 3 is 0.765 bits per heavy atom. The van der Waals surface area contributed by atoms with Crippen molar-refractivity contribution in [3.8, 4) is 22.3 Å². The second kappa shape index (κ2) is 35.9. The molecule has 9 heteroatoms. The molecule has 2 aliphatic carbocycles. The van der Waals surface area contributed by atoms with Crippen LogP contribution in [0.1, 0.15) is 75.3 Å². The van der Waals surface area contributed by atoms with E-state index in [1.807, 2.05) is 0 Å². The van der Waals surface area contributed by atoms with E-state index in [-0.39, 0.29) is 55.9 Å². The molecule has 0 amide bonds. The van der Waals surface area contributed by atoms with E-state index in [1.54, 1.807) is 0 Å². The standard InChI is InChI=1S/2C55H48N3O.Zn/c2*59-54-22-10-15-44-26-32-45(56-55(44)54)31-23-39-24-33-47(34-25-39)58(53-21-9-14-43-12-5-7-19-51(43)53)49-37-29-41(30-38-49)40-27-35-48(36-28-40)57(46-16-2-1-3-17-46)52-20-8-13-42-11-4-6-18-50(42)52;/h2*1-9,11-14,16-21,23-25,27-31,33-38,44-45,54-55,59H,10,15,22,26,32H2;/q2*-1;+2/b2*31-23+;. The van der Waals surface area contributed by atoms with Gasteiger partial charge in [0.25, 0.3) is 0 Å². The van der Waals surface area contributed by atoms with E-state index < -0.39 is 0 Å². The first-order valence-electron chi connectivity index (χ1n) is 42.3. The maximum Gasteiger partial charge on any atom is 2.00 e. The number of hydrogen-bond donors (Lipinski definition) is 2. The average Bonchev–Trinajstić information content (AvgIpc) is 0.785. The maximum absolute atomic E-state index is 10.6. The Morgan fingerprint density at radius 1 is 0.235 bits per heavy atom. The predicted molar refractivity (Wildman–Crippen MR) is 498 cm³/mol. The second-order valence-corrected chi connectivity index (χ2v) is 32.2. The summed E-state index contributed by atoms with van der Waals surface area (Å²) in [6.45, 7) is 0. The van der Waals surface area contributed by atoms with Gasteiger partial charge in [-0.2, -0.15) is 0 Å². The third-order valence-corrected chi connectivity index (χ3v) is 24.8. The Kier molecular flexibility index (Phi) is 23.5. The molecule has 0 radical (unpaired) electrons. The number of benzene rings is 16. The number of para-hydroxylation sites is 2. The molecule has 2 saturated carbocycles. The SMILES string of the molecule is OC1CCCC2CCC(/C=C/c3ccc(N(c4ccc(-c5ccc(N(c6ccccc6)c6cccc7ccccc67)cc5)cc4)c4cccc5ccccc45)cc3)[N-]C12.OC1CCCC2CCC(/C=C/c3ccc(N(c4ccc(-c5ccc(N(c6ccccc6)c6cccc7ccccc67)cc5)cc4)c4cccc5ccccc45)cc3)[N-]C12.[Zn+2]. The quantitative estimate of drug-likeness (QED) is 0.0833. The van der Waals surface area contributed by atoms with E-state index in [4.69, 9.17) is 10.6 Å². The van der Waals surface area contributed by atoms with Gasteiger partial charge in [0, 0.05) is 79.3 Å². The number of nitrogens with zero attached hydrogens (tertiary/aromatic N) is 6. The fourth-order valence-electron chi connectivity index (χ4n) is 18.8. The zero-order valence-corrected chi connectivity index (χ0v) is 70.0. The van der Waals surface area contributed by atoms with Crippen LogP contribution in [0.4, 0.5) is 68.2 Å². The normalized spacial score (nSPS) is 19.0. The smallest absolute Gasteiger partial charge is 0.651 e. The van der Waals surface area contributed by atoms with Crippen molar-refractivity contribution in [1.29, 1.82) is 0 Å². The maximum atomic E-state index is 10.6.